The smallest absolute Gasteiger partial charge is 0.122 e. The van der Waals surface area contributed by atoms with Gasteiger partial charge in [-0.2, -0.15) is 0 Å². The predicted octanol–water partition coefficient (Wildman–Crippen LogP) is 2.92. The van der Waals surface area contributed by atoms with Crippen molar-refractivity contribution < 1.29 is 9.84 Å². The van der Waals surface area contributed by atoms with Crippen molar-refractivity contribution in [3.05, 3.63) is 29.3 Å². The number of benzene rings is 1. The minimum Gasteiger partial charge on any atom is -0.493 e. The second-order valence-electron chi connectivity index (χ2n) is 6.43. The Bertz CT molecular complexity index is 478. The molecule has 0 bridgehead atoms. The average molecular weight is 275 g/mol. The largest absolute Gasteiger partial charge is 0.493 e. The lowest BCUT2D eigenvalue weighted by Crippen LogP contribution is -2.50. The molecule has 1 saturated carbocycles. The fraction of sp³-hybridized carbons (Fsp3) is 0.647. The van der Waals surface area contributed by atoms with E-state index in [9.17, 15) is 5.11 Å². The molecule has 1 unspecified atom stereocenters. The maximum Gasteiger partial charge on any atom is 0.122 e. The molecule has 1 aliphatic carbocycles. The van der Waals surface area contributed by atoms with E-state index in [0.29, 0.717) is 0 Å². The third-order valence-corrected chi connectivity index (χ3v) is 5.15. The summed E-state index contributed by atoms with van der Waals surface area (Å²) in [5, 5.41) is 11.0. The maximum atomic E-state index is 11.0. The predicted molar refractivity (Wildman–Crippen MR) is 80.1 cm³/mol. The normalized spacial score (nSPS) is 22.4. The van der Waals surface area contributed by atoms with Gasteiger partial charge in [0.1, 0.15) is 5.75 Å². The topological polar surface area (TPSA) is 32.7 Å². The molecule has 3 heteroatoms. The van der Waals surface area contributed by atoms with Gasteiger partial charge in [0.25, 0.3) is 0 Å². The summed E-state index contributed by atoms with van der Waals surface area (Å²) in [5.74, 6) is 0.989. The van der Waals surface area contributed by atoms with E-state index in [1.54, 1.807) is 0 Å². The third-order valence-electron chi connectivity index (χ3n) is 5.15. The van der Waals surface area contributed by atoms with Crippen molar-refractivity contribution in [3.8, 4) is 5.75 Å². The first-order valence-electron chi connectivity index (χ1n) is 7.75. The molecule has 110 valence electrons. The molecule has 0 radical (unpaired) electrons. The van der Waals surface area contributed by atoms with Crippen LogP contribution < -0.4 is 4.74 Å². The molecule has 20 heavy (non-hydrogen) atoms. The van der Waals surface area contributed by atoms with Gasteiger partial charge in [0, 0.05) is 6.42 Å². The van der Waals surface area contributed by atoms with Gasteiger partial charge >= 0.3 is 0 Å². The van der Waals surface area contributed by atoms with E-state index in [1.165, 1.54) is 24.8 Å². The van der Waals surface area contributed by atoms with Crippen LogP contribution in [0.3, 0.4) is 0 Å². The van der Waals surface area contributed by atoms with Gasteiger partial charge in [-0.25, -0.2) is 0 Å². The fourth-order valence-corrected chi connectivity index (χ4v) is 3.82. The summed E-state index contributed by atoms with van der Waals surface area (Å²) in [5.41, 5.74) is 2.18. The summed E-state index contributed by atoms with van der Waals surface area (Å²) < 4.78 is 5.56. The van der Waals surface area contributed by atoms with Crippen LogP contribution in [0.25, 0.3) is 0 Å². The molecule has 1 heterocycles. The van der Waals surface area contributed by atoms with Crippen LogP contribution in [0, 0.1) is 0 Å². The quantitative estimate of drug-likeness (QED) is 0.920. The van der Waals surface area contributed by atoms with Crippen molar-refractivity contribution in [2.24, 2.45) is 0 Å². The molecule has 3 rings (SSSR count). The molecule has 0 spiro atoms. The van der Waals surface area contributed by atoms with Gasteiger partial charge in [0.05, 0.1) is 18.2 Å². The molecule has 1 atom stereocenters. The molecule has 2 aliphatic rings. The Labute approximate surface area is 121 Å². The highest BCUT2D eigenvalue weighted by Gasteiger charge is 2.41. The SMILES string of the molecule is CN(C)C1(C(O)c2ccc3c(c2)CCO3)CCCCC1. The van der Waals surface area contributed by atoms with Gasteiger partial charge in [0.2, 0.25) is 0 Å². The van der Waals surface area contributed by atoms with Gasteiger partial charge < -0.3 is 14.7 Å². The van der Waals surface area contributed by atoms with Gasteiger partial charge in [0.15, 0.2) is 0 Å². The number of hydrogen-bond acceptors (Lipinski definition) is 3. The lowest BCUT2D eigenvalue weighted by Gasteiger charge is -2.46. The van der Waals surface area contributed by atoms with Gasteiger partial charge in [-0.1, -0.05) is 25.3 Å². The van der Waals surface area contributed by atoms with Crippen molar-refractivity contribution in [1.29, 1.82) is 0 Å². The first-order valence-corrected chi connectivity index (χ1v) is 7.75. The Hall–Kier alpha value is -1.06. The van der Waals surface area contributed by atoms with Crippen LogP contribution >= 0.6 is 0 Å². The zero-order valence-electron chi connectivity index (χ0n) is 12.6. The van der Waals surface area contributed by atoms with E-state index in [1.807, 2.05) is 12.1 Å². The van der Waals surface area contributed by atoms with Crippen molar-refractivity contribution in [2.75, 3.05) is 20.7 Å². The molecule has 1 aromatic rings. The molecule has 1 aliphatic heterocycles. The summed E-state index contributed by atoms with van der Waals surface area (Å²) in [7, 11) is 4.20. The molecular formula is C17H25NO2. The number of nitrogens with zero attached hydrogens (tertiary/aromatic N) is 1. The summed E-state index contributed by atoms with van der Waals surface area (Å²) in [6.07, 6.45) is 6.42. The highest BCUT2D eigenvalue weighted by molar-refractivity contribution is 5.41. The summed E-state index contributed by atoms with van der Waals surface area (Å²) in [4.78, 5) is 2.24. The Kier molecular flexibility index (Phi) is 3.74. The molecular weight excluding hydrogens is 250 g/mol. The Morgan fingerprint density at radius 1 is 1.20 bits per heavy atom. The molecule has 0 aromatic heterocycles. The second kappa shape index (κ2) is 5.38. The first-order chi connectivity index (χ1) is 9.63. The summed E-state index contributed by atoms with van der Waals surface area (Å²) in [6.45, 7) is 0.772. The van der Waals surface area contributed by atoms with E-state index in [2.05, 4.69) is 25.1 Å². The van der Waals surface area contributed by atoms with Crippen LogP contribution in [-0.2, 0) is 6.42 Å². The maximum absolute atomic E-state index is 11.0. The monoisotopic (exact) mass is 275 g/mol. The fourth-order valence-electron chi connectivity index (χ4n) is 3.82. The van der Waals surface area contributed by atoms with Crippen LogP contribution in [-0.4, -0.2) is 36.2 Å². The Balaban J connectivity index is 1.91. The van der Waals surface area contributed by atoms with Crippen molar-refractivity contribution in [3.63, 3.8) is 0 Å². The van der Waals surface area contributed by atoms with Crippen LogP contribution in [0.5, 0.6) is 5.75 Å². The number of fused-ring (bicyclic) bond motifs is 1. The zero-order valence-corrected chi connectivity index (χ0v) is 12.6. The van der Waals surface area contributed by atoms with Crippen molar-refractivity contribution in [1.82, 2.24) is 4.90 Å². The van der Waals surface area contributed by atoms with Crippen LogP contribution in [0.15, 0.2) is 18.2 Å². The van der Waals surface area contributed by atoms with E-state index in [4.69, 9.17) is 4.74 Å². The van der Waals surface area contributed by atoms with Gasteiger partial charge in [-0.05, 0) is 50.2 Å². The van der Waals surface area contributed by atoms with E-state index >= 15 is 0 Å². The number of likely N-dealkylation sites (N-methyl/N-ethyl adjacent to an activating group) is 1. The zero-order chi connectivity index (χ0) is 14.2. The minimum atomic E-state index is -0.413. The van der Waals surface area contributed by atoms with Crippen LogP contribution in [0.1, 0.15) is 49.3 Å². The summed E-state index contributed by atoms with van der Waals surface area (Å²) in [6, 6.07) is 6.20. The van der Waals surface area contributed by atoms with Gasteiger partial charge in [-0.15, -0.1) is 0 Å². The molecule has 1 N–H and O–H groups in total. The third kappa shape index (κ3) is 2.23. The molecule has 3 nitrogen and oxygen atoms in total. The van der Waals surface area contributed by atoms with Crippen LogP contribution in [0.2, 0.25) is 0 Å². The standard InChI is InChI=1S/C17H25NO2/c1-18(2)17(9-4-3-5-10-17)16(19)14-6-7-15-13(12-14)8-11-20-15/h6-7,12,16,19H,3-5,8-11H2,1-2H3. The number of hydrogen-bond donors (Lipinski definition) is 1. The van der Waals surface area contributed by atoms with Crippen LogP contribution in [0.4, 0.5) is 0 Å². The van der Waals surface area contributed by atoms with Gasteiger partial charge in [-0.3, -0.25) is 0 Å². The molecule has 0 amide bonds. The average Bonchev–Trinajstić information content (AvgIpc) is 2.94. The van der Waals surface area contributed by atoms with E-state index in [0.717, 1.165) is 37.2 Å². The highest BCUT2D eigenvalue weighted by Crippen LogP contribution is 2.42. The molecule has 1 fully saturated rings. The highest BCUT2D eigenvalue weighted by atomic mass is 16.5. The second-order valence-corrected chi connectivity index (χ2v) is 6.43. The number of rotatable bonds is 3. The van der Waals surface area contributed by atoms with E-state index in [-0.39, 0.29) is 5.54 Å². The lowest BCUT2D eigenvalue weighted by atomic mass is 9.74. The number of aliphatic hydroxyl groups excluding tert-OH is 1. The Morgan fingerprint density at radius 3 is 2.65 bits per heavy atom. The van der Waals surface area contributed by atoms with Crippen molar-refractivity contribution in [2.45, 2.75) is 50.2 Å². The lowest BCUT2D eigenvalue weighted by molar-refractivity contribution is -0.0336. The number of ether oxygens (including phenoxy) is 1. The summed E-state index contributed by atoms with van der Waals surface area (Å²) >= 11 is 0. The number of aliphatic hydroxyl groups is 1. The van der Waals surface area contributed by atoms with Crippen molar-refractivity contribution >= 4 is 0 Å². The first kappa shape index (κ1) is 13.9. The van der Waals surface area contributed by atoms with E-state index < -0.39 is 6.10 Å². The molecule has 1 aromatic carbocycles. The Morgan fingerprint density at radius 2 is 1.95 bits per heavy atom. The molecule has 0 saturated heterocycles. The minimum absolute atomic E-state index is 0.105.